The van der Waals surface area contributed by atoms with E-state index in [-0.39, 0.29) is 11.7 Å². The summed E-state index contributed by atoms with van der Waals surface area (Å²) in [5.74, 6) is 0.531. The van der Waals surface area contributed by atoms with Crippen LogP contribution in [-0.4, -0.2) is 33.6 Å². The molecule has 1 amide bonds. The van der Waals surface area contributed by atoms with Gasteiger partial charge in [-0.05, 0) is 38.1 Å². The first-order valence-electron chi connectivity index (χ1n) is 8.16. The van der Waals surface area contributed by atoms with Crippen molar-refractivity contribution >= 4 is 29.2 Å². The van der Waals surface area contributed by atoms with Crippen molar-refractivity contribution in [1.82, 2.24) is 15.1 Å². The fraction of sp³-hybridized carbons (Fsp3) is 0.167. The summed E-state index contributed by atoms with van der Waals surface area (Å²) in [6.45, 7) is 3.80. The first-order chi connectivity index (χ1) is 13.0. The minimum atomic E-state index is -0.443. The van der Waals surface area contributed by atoms with Crippen molar-refractivity contribution < 1.29 is 18.8 Å². The summed E-state index contributed by atoms with van der Waals surface area (Å²) in [4.78, 5) is 32.0. The monoisotopic (exact) mass is 367 g/mol. The number of anilines is 3. The molecule has 138 valence electrons. The molecule has 0 atom stereocenters. The Labute approximate surface area is 154 Å². The number of benzene rings is 1. The van der Waals surface area contributed by atoms with Gasteiger partial charge in [0.15, 0.2) is 5.82 Å². The van der Waals surface area contributed by atoms with Crippen molar-refractivity contribution in [3.8, 4) is 0 Å². The Morgan fingerprint density at radius 1 is 1.11 bits per heavy atom. The first kappa shape index (κ1) is 18.1. The van der Waals surface area contributed by atoms with Crippen LogP contribution in [-0.2, 0) is 4.74 Å². The van der Waals surface area contributed by atoms with Gasteiger partial charge in [0.1, 0.15) is 17.3 Å². The van der Waals surface area contributed by atoms with E-state index in [0.717, 1.165) is 0 Å². The number of aromatic nitrogens is 3. The molecule has 9 nitrogen and oxygen atoms in total. The van der Waals surface area contributed by atoms with E-state index in [1.165, 1.54) is 12.4 Å². The second-order valence-electron chi connectivity index (χ2n) is 5.49. The summed E-state index contributed by atoms with van der Waals surface area (Å²) in [6, 6.07) is 8.34. The molecule has 0 aliphatic rings. The molecule has 2 aromatic heterocycles. The van der Waals surface area contributed by atoms with Crippen LogP contribution >= 0.6 is 0 Å². The van der Waals surface area contributed by atoms with Gasteiger partial charge in [-0.1, -0.05) is 5.16 Å². The zero-order chi connectivity index (χ0) is 19.2. The molecule has 3 aromatic rings. The molecular weight excluding hydrogens is 350 g/mol. The number of esters is 1. The molecule has 0 radical (unpaired) electrons. The molecule has 0 spiro atoms. The molecule has 0 unspecified atom stereocenters. The lowest BCUT2D eigenvalue weighted by molar-refractivity contribution is 0.0526. The fourth-order valence-electron chi connectivity index (χ4n) is 2.17. The fourth-order valence-corrected chi connectivity index (χ4v) is 2.17. The number of carbonyl (C=O) groups is 2. The van der Waals surface area contributed by atoms with E-state index in [9.17, 15) is 9.59 Å². The third-order valence-electron chi connectivity index (χ3n) is 3.42. The third kappa shape index (κ3) is 4.66. The smallest absolute Gasteiger partial charge is 0.338 e. The highest BCUT2D eigenvalue weighted by Crippen LogP contribution is 2.16. The topological polar surface area (TPSA) is 119 Å². The SMILES string of the molecule is CCOC(=O)c1ccc(Nc2cnc(C(=O)Nc3cc(C)on3)cn2)cc1. The van der Waals surface area contributed by atoms with Crippen LogP contribution < -0.4 is 10.6 Å². The average Bonchev–Trinajstić information content (AvgIpc) is 3.08. The summed E-state index contributed by atoms with van der Waals surface area (Å²) < 4.78 is 9.82. The number of rotatable bonds is 6. The number of aryl methyl sites for hydroxylation is 1. The number of nitrogens with one attached hydrogen (secondary N) is 2. The van der Waals surface area contributed by atoms with Gasteiger partial charge in [-0.15, -0.1) is 0 Å². The predicted molar refractivity (Wildman–Crippen MR) is 96.9 cm³/mol. The van der Waals surface area contributed by atoms with Crippen molar-refractivity contribution in [3.63, 3.8) is 0 Å². The summed E-state index contributed by atoms with van der Waals surface area (Å²) in [7, 11) is 0. The lowest BCUT2D eigenvalue weighted by atomic mass is 10.2. The highest BCUT2D eigenvalue weighted by molar-refractivity contribution is 6.02. The second kappa shape index (κ2) is 8.09. The van der Waals surface area contributed by atoms with Crippen LogP contribution in [0.25, 0.3) is 0 Å². The van der Waals surface area contributed by atoms with Gasteiger partial charge in [0.25, 0.3) is 5.91 Å². The molecule has 0 aliphatic heterocycles. The van der Waals surface area contributed by atoms with E-state index in [0.29, 0.717) is 35.3 Å². The Kier molecular flexibility index (Phi) is 5.41. The summed E-state index contributed by atoms with van der Waals surface area (Å²) in [5.41, 5.74) is 1.31. The Morgan fingerprint density at radius 3 is 2.48 bits per heavy atom. The lowest BCUT2D eigenvalue weighted by Gasteiger charge is -2.07. The Balaban J connectivity index is 1.61. The van der Waals surface area contributed by atoms with E-state index in [1.807, 2.05) is 0 Å². The lowest BCUT2D eigenvalue weighted by Crippen LogP contribution is -2.14. The highest BCUT2D eigenvalue weighted by atomic mass is 16.5. The number of hydrogen-bond donors (Lipinski definition) is 2. The summed E-state index contributed by atoms with van der Waals surface area (Å²) in [6.07, 6.45) is 2.78. The van der Waals surface area contributed by atoms with E-state index in [2.05, 4.69) is 25.8 Å². The normalized spacial score (nSPS) is 10.3. The van der Waals surface area contributed by atoms with Crippen LogP contribution in [0.1, 0.15) is 33.5 Å². The Hall–Kier alpha value is -3.75. The van der Waals surface area contributed by atoms with E-state index in [4.69, 9.17) is 9.26 Å². The second-order valence-corrected chi connectivity index (χ2v) is 5.49. The number of hydrogen-bond acceptors (Lipinski definition) is 8. The molecule has 1 aromatic carbocycles. The molecule has 0 aliphatic carbocycles. The Morgan fingerprint density at radius 2 is 1.89 bits per heavy atom. The molecule has 3 rings (SSSR count). The largest absolute Gasteiger partial charge is 0.462 e. The van der Waals surface area contributed by atoms with E-state index < -0.39 is 5.91 Å². The van der Waals surface area contributed by atoms with Gasteiger partial charge in [-0.3, -0.25) is 4.79 Å². The highest BCUT2D eigenvalue weighted by Gasteiger charge is 2.11. The maximum absolute atomic E-state index is 12.1. The van der Waals surface area contributed by atoms with Crippen molar-refractivity contribution in [2.75, 3.05) is 17.2 Å². The first-order valence-corrected chi connectivity index (χ1v) is 8.16. The number of amides is 1. The zero-order valence-electron chi connectivity index (χ0n) is 14.7. The maximum Gasteiger partial charge on any atom is 0.338 e. The standard InChI is InChI=1S/C18H17N5O4/c1-3-26-18(25)12-4-6-13(7-5-12)21-16-10-19-14(9-20-16)17(24)22-15-8-11(2)27-23-15/h4-10H,3H2,1-2H3,(H,20,21)(H,22,23,24). The molecule has 0 saturated carbocycles. The van der Waals surface area contributed by atoms with E-state index in [1.54, 1.807) is 44.2 Å². The van der Waals surface area contributed by atoms with Crippen molar-refractivity contribution in [3.05, 3.63) is 59.7 Å². The minimum Gasteiger partial charge on any atom is -0.462 e. The number of carbonyl (C=O) groups excluding carboxylic acids is 2. The molecule has 27 heavy (non-hydrogen) atoms. The summed E-state index contributed by atoms with van der Waals surface area (Å²) in [5, 5.41) is 9.29. The van der Waals surface area contributed by atoms with Crippen LogP contribution in [0.4, 0.5) is 17.3 Å². The van der Waals surface area contributed by atoms with Crippen LogP contribution in [0.3, 0.4) is 0 Å². The molecule has 0 saturated heterocycles. The van der Waals surface area contributed by atoms with Crippen LogP contribution in [0.2, 0.25) is 0 Å². The van der Waals surface area contributed by atoms with Crippen molar-refractivity contribution in [1.29, 1.82) is 0 Å². The number of nitrogens with zero attached hydrogens (tertiary/aromatic N) is 3. The van der Waals surface area contributed by atoms with Gasteiger partial charge in [0, 0.05) is 11.8 Å². The quantitative estimate of drug-likeness (QED) is 0.638. The molecule has 0 fully saturated rings. The van der Waals surface area contributed by atoms with Crippen molar-refractivity contribution in [2.24, 2.45) is 0 Å². The molecule has 0 bridgehead atoms. The zero-order valence-corrected chi connectivity index (χ0v) is 14.7. The van der Waals surface area contributed by atoms with Gasteiger partial charge in [-0.2, -0.15) is 0 Å². The van der Waals surface area contributed by atoms with Gasteiger partial charge in [-0.25, -0.2) is 14.8 Å². The predicted octanol–water partition coefficient (Wildman–Crippen LogP) is 2.95. The molecule has 9 heteroatoms. The van der Waals surface area contributed by atoms with Gasteiger partial charge in [0.05, 0.1) is 24.6 Å². The van der Waals surface area contributed by atoms with Crippen LogP contribution in [0.15, 0.2) is 47.2 Å². The van der Waals surface area contributed by atoms with Crippen molar-refractivity contribution in [2.45, 2.75) is 13.8 Å². The summed E-state index contributed by atoms with van der Waals surface area (Å²) >= 11 is 0. The van der Waals surface area contributed by atoms with Crippen LogP contribution in [0.5, 0.6) is 0 Å². The Bertz CT molecular complexity index is 935. The van der Waals surface area contributed by atoms with Gasteiger partial charge < -0.3 is 19.9 Å². The number of ether oxygens (including phenoxy) is 1. The average molecular weight is 367 g/mol. The minimum absolute atomic E-state index is 0.138. The van der Waals surface area contributed by atoms with Crippen LogP contribution in [0, 0.1) is 6.92 Å². The molecule has 2 N–H and O–H groups in total. The van der Waals surface area contributed by atoms with Gasteiger partial charge >= 0.3 is 5.97 Å². The molecule has 2 heterocycles. The maximum atomic E-state index is 12.1. The molecular formula is C18H17N5O4. The van der Waals surface area contributed by atoms with E-state index >= 15 is 0 Å². The van der Waals surface area contributed by atoms with Gasteiger partial charge in [0.2, 0.25) is 0 Å². The third-order valence-corrected chi connectivity index (χ3v) is 3.42.